The molecule has 0 aliphatic heterocycles. The molecule has 2 aromatic rings. The maximum absolute atomic E-state index is 14.2. The molecule has 0 radical (unpaired) electrons. The lowest BCUT2D eigenvalue weighted by molar-refractivity contribution is -0.142. The van der Waals surface area contributed by atoms with Gasteiger partial charge in [-0.05, 0) is 62.9 Å². The maximum atomic E-state index is 14.2. The molecule has 4 amide bonds. The van der Waals surface area contributed by atoms with Crippen LogP contribution in [-0.2, 0) is 19.1 Å². The molecule has 4 N–H and O–H groups in total. The average Bonchev–Trinajstić information content (AvgIpc) is 2.90. The van der Waals surface area contributed by atoms with Crippen molar-refractivity contribution in [2.24, 2.45) is 5.73 Å². The van der Waals surface area contributed by atoms with Crippen LogP contribution in [0.5, 0.6) is 0 Å². The Labute approximate surface area is 253 Å². The lowest BCUT2D eigenvalue weighted by Gasteiger charge is -2.34. The number of nitrogens with two attached hydrogens (primary N) is 1. The summed E-state index contributed by atoms with van der Waals surface area (Å²) in [5.41, 5.74) is 7.08. The first-order valence-electron chi connectivity index (χ1n) is 14.1. The van der Waals surface area contributed by atoms with Gasteiger partial charge in [0.15, 0.2) is 0 Å². The summed E-state index contributed by atoms with van der Waals surface area (Å²) >= 11 is 6.43. The largest absolute Gasteiger partial charge is 0.444 e. The van der Waals surface area contributed by atoms with Crippen molar-refractivity contribution >= 4 is 47.2 Å². The van der Waals surface area contributed by atoms with E-state index in [9.17, 15) is 19.2 Å². The van der Waals surface area contributed by atoms with Crippen LogP contribution in [0.15, 0.2) is 49.0 Å². The zero-order valence-electron chi connectivity index (χ0n) is 25.2. The van der Waals surface area contributed by atoms with E-state index in [2.05, 4.69) is 24.1 Å². The minimum absolute atomic E-state index is 0.183. The van der Waals surface area contributed by atoms with Crippen LogP contribution in [0.3, 0.4) is 0 Å². The molecular formula is C32H43ClN4O5. The number of halogens is 1. The topological polar surface area (TPSA) is 131 Å². The Bertz CT molecular complexity index is 1250. The highest BCUT2D eigenvalue weighted by Gasteiger charge is 2.37. The molecule has 228 valence electrons. The number of carbonyl (C=O) groups excluding carboxylic acids is 4. The van der Waals surface area contributed by atoms with E-state index in [0.29, 0.717) is 22.7 Å². The predicted octanol–water partition coefficient (Wildman–Crippen LogP) is 6.15. The number of anilines is 1. The minimum atomic E-state index is -1.36. The Morgan fingerprint density at radius 3 is 2.38 bits per heavy atom. The smallest absolute Gasteiger partial charge is 0.408 e. The van der Waals surface area contributed by atoms with Gasteiger partial charge in [0.2, 0.25) is 11.8 Å². The van der Waals surface area contributed by atoms with Gasteiger partial charge in [-0.3, -0.25) is 14.4 Å². The molecule has 2 aromatic carbocycles. The predicted molar refractivity (Wildman–Crippen MR) is 167 cm³/mol. The number of hydrogen-bond acceptors (Lipinski definition) is 5. The van der Waals surface area contributed by atoms with Crippen LogP contribution in [0.4, 0.5) is 10.5 Å². The van der Waals surface area contributed by atoms with Gasteiger partial charge in [-0.1, -0.05) is 80.8 Å². The first kappa shape index (κ1) is 34.4. The van der Waals surface area contributed by atoms with Crippen molar-refractivity contribution in [1.29, 1.82) is 0 Å². The van der Waals surface area contributed by atoms with E-state index < -0.39 is 47.9 Å². The van der Waals surface area contributed by atoms with Crippen molar-refractivity contribution in [2.45, 2.75) is 84.4 Å². The number of primary amides is 1. The summed E-state index contributed by atoms with van der Waals surface area (Å²) < 4.78 is 5.34. The van der Waals surface area contributed by atoms with E-state index in [1.54, 1.807) is 57.2 Å². The molecule has 0 aromatic heterocycles. The second-order valence-electron chi connectivity index (χ2n) is 11.2. The normalized spacial score (nSPS) is 12.5. The van der Waals surface area contributed by atoms with Gasteiger partial charge in [0.25, 0.3) is 5.91 Å². The van der Waals surface area contributed by atoms with Crippen LogP contribution in [-0.4, -0.2) is 46.9 Å². The highest BCUT2D eigenvalue weighted by atomic mass is 35.5. The summed E-state index contributed by atoms with van der Waals surface area (Å²) in [4.78, 5) is 54.5. The van der Waals surface area contributed by atoms with Crippen molar-refractivity contribution in [3.63, 3.8) is 0 Å². The van der Waals surface area contributed by atoms with E-state index in [1.165, 1.54) is 4.90 Å². The Hall–Kier alpha value is -3.85. The fourth-order valence-corrected chi connectivity index (χ4v) is 4.71. The van der Waals surface area contributed by atoms with E-state index in [-0.39, 0.29) is 6.54 Å². The second kappa shape index (κ2) is 16.0. The van der Waals surface area contributed by atoms with E-state index in [4.69, 9.17) is 22.1 Å². The Morgan fingerprint density at radius 1 is 1.10 bits per heavy atom. The second-order valence-corrected chi connectivity index (χ2v) is 11.6. The summed E-state index contributed by atoms with van der Waals surface area (Å²) in [6.07, 6.45) is 3.59. The molecule has 0 bridgehead atoms. The highest BCUT2D eigenvalue weighted by Crippen LogP contribution is 2.30. The van der Waals surface area contributed by atoms with E-state index in [0.717, 1.165) is 30.4 Å². The van der Waals surface area contributed by atoms with Gasteiger partial charge in [-0.2, -0.15) is 0 Å². The molecule has 0 saturated carbocycles. The third-order valence-electron chi connectivity index (χ3n) is 6.42. The number of alkyl carbamates (subject to hydrolysis) is 1. The lowest BCUT2D eigenvalue weighted by Crippen LogP contribution is -2.53. The summed E-state index contributed by atoms with van der Waals surface area (Å²) in [6.45, 7) is 12.9. The molecule has 0 fully saturated rings. The molecule has 2 unspecified atom stereocenters. The number of unbranched alkanes of at least 4 members (excludes halogenated alkanes) is 3. The number of rotatable bonds is 14. The fraction of sp³-hybridized carbons (Fsp3) is 0.438. The molecule has 0 saturated heterocycles. The number of aryl methyl sites for hydroxylation is 1. The molecule has 9 nitrogen and oxygen atoms in total. The van der Waals surface area contributed by atoms with Crippen LogP contribution in [0.1, 0.15) is 82.5 Å². The van der Waals surface area contributed by atoms with Gasteiger partial charge in [0.1, 0.15) is 17.7 Å². The van der Waals surface area contributed by atoms with Gasteiger partial charge >= 0.3 is 6.09 Å². The molecule has 0 aliphatic carbocycles. The van der Waals surface area contributed by atoms with E-state index >= 15 is 0 Å². The molecule has 0 aliphatic rings. The number of ether oxygens (including phenoxy) is 1. The molecule has 42 heavy (non-hydrogen) atoms. The number of nitrogens with one attached hydrogen (secondary N) is 2. The van der Waals surface area contributed by atoms with Crippen LogP contribution < -0.4 is 16.4 Å². The summed E-state index contributed by atoms with van der Waals surface area (Å²) in [5.74, 6) is -1.95. The standard InChI is InChI=1S/C32H43ClN4O5/c1-7-9-10-11-18-37(30(40)25(20-26(34)38)35-31(41)42-32(4,5)6)28(23-16-13-15-22(8-2)19-23)29(39)36-27-21(3)14-12-17-24(27)33/h8,12-17,19,25,28H,2,7,9-11,18,20H2,1,3-6H3,(H2,34,38)(H,35,41)(H,36,39). The zero-order chi connectivity index (χ0) is 31.4. The van der Waals surface area contributed by atoms with Crippen LogP contribution in [0.25, 0.3) is 6.08 Å². The fourth-order valence-electron chi connectivity index (χ4n) is 4.44. The van der Waals surface area contributed by atoms with Crippen molar-refractivity contribution in [3.05, 3.63) is 70.8 Å². The third-order valence-corrected chi connectivity index (χ3v) is 6.74. The third kappa shape index (κ3) is 10.5. The molecule has 0 spiro atoms. The molecular weight excluding hydrogens is 556 g/mol. The molecule has 0 heterocycles. The lowest BCUT2D eigenvalue weighted by atomic mass is 9.99. The molecule has 2 atom stereocenters. The first-order chi connectivity index (χ1) is 19.8. The van der Waals surface area contributed by atoms with Gasteiger partial charge in [-0.15, -0.1) is 0 Å². The van der Waals surface area contributed by atoms with Crippen LogP contribution in [0, 0.1) is 6.92 Å². The van der Waals surface area contributed by atoms with Crippen LogP contribution in [0.2, 0.25) is 5.02 Å². The Balaban J connectivity index is 2.63. The number of nitrogens with zero attached hydrogens (tertiary/aromatic N) is 1. The van der Waals surface area contributed by atoms with Crippen molar-refractivity contribution in [1.82, 2.24) is 10.2 Å². The van der Waals surface area contributed by atoms with Crippen molar-refractivity contribution < 1.29 is 23.9 Å². The first-order valence-corrected chi connectivity index (χ1v) is 14.5. The number of carbonyl (C=O) groups is 4. The van der Waals surface area contributed by atoms with Gasteiger partial charge in [-0.25, -0.2) is 4.79 Å². The number of hydrogen-bond donors (Lipinski definition) is 3. The summed E-state index contributed by atoms with van der Waals surface area (Å²) in [7, 11) is 0. The minimum Gasteiger partial charge on any atom is -0.444 e. The molecule has 2 rings (SSSR count). The summed E-state index contributed by atoms with van der Waals surface area (Å²) in [6, 6.07) is 9.88. The Morgan fingerprint density at radius 2 is 1.79 bits per heavy atom. The number of amides is 4. The average molecular weight is 599 g/mol. The number of benzene rings is 2. The quantitative estimate of drug-likeness (QED) is 0.225. The van der Waals surface area contributed by atoms with Crippen molar-refractivity contribution in [2.75, 3.05) is 11.9 Å². The number of para-hydroxylation sites is 1. The van der Waals surface area contributed by atoms with Gasteiger partial charge in [0.05, 0.1) is 17.1 Å². The van der Waals surface area contributed by atoms with Crippen molar-refractivity contribution in [3.8, 4) is 0 Å². The summed E-state index contributed by atoms with van der Waals surface area (Å²) in [5, 5.41) is 5.76. The van der Waals surface area contributed by atoms with Gasteiger partial charge < -0.3 is 26.0 Å². The van der Waals surface area contributed by atoms with Gasteiger partial charge in [0, 0.05) is 6.54 Å². The Kier molecular flexibility index (Phi) is 13.1. The highest BCUT2D eigenvalue weighted by molar-refractivity contribution is 6.34. The van der Waals surface area contributed by atoms with Crippen LogP contribution >= 0.6 is 11.6 Å². The van der Waals surface area contributed by atoms with E-state index in [1.807, 2.05) is 19.1 Å². The monoisotopic (exact) mass is 598 g/mol. The maximum Gasteiger partial charge on any atom is 0.408 e. The SMILES string of the molecule is C=Cc1cccc(C(C(=O)Nc2c(C)cccc2Cl)N(CCCCCC)C(=O)C(CC(N)=O)NC(=O)OC(C)(C)C)c1. The molecule has 10 heteroatoms. The zero-order valence-corrected chi connectivity index (χ0v) is 25.9.